The lowest BCUT2D eigenvalue weighted by molar-refractivity contribution is -0.122. The van der Waals surface area contributed by atoms with E-state index in [-0.39, 0.29) is 23.7 Å². The molecule has 0 radical (unpaired) electrons. The minimum absolute atomic E-state index is 0.0554. The second-order valence-electron chi connectivity index (χ2n) is 10.1. The van der Waals surface area contributed by atoms with Crippen LogP contribution in [0.15, 0.2) is 28.8 Å². The van der Waals surface area contributed by atoms with E-state index in [0.29, 0.717) is 37.9 Å². The highest BCUT2D eigenvalue weighted by molar-refractivity contribution is 5.76. The fraction of sp³-hybridized carbons (Fsp3) is 0.630. The molecule has 2 N–H and O–H groups in total. The first kappa shape index (κ1) is 26.1. The van der Waals surface area contributed by atoms with Gasteiger partial charge in [-0.15, -0.1) is 0 Å². The van der Waals surface area contributed by atoms with Crippen molar-refractivity contribution in [2.75, 3.05) is 26.9 Å². The summed E-state index contributed by atoms with van der Waals surface area (Å²) in [5, 5.41) is 10.4. The van der Waals surface area contributed by atoms with Crippen molar-refractivity contribution in [3.8, 4) is 5.75 Å². The largest absolute Gasteiger partial charge is 0.497 e. The second kappa shape index (κ2) is 11.9. The molecule has 1 aromatic heterocycles. The molecular weight excluding hydrogens is 460 g/mol. The highest BCUT2D eigenvalue weighted by atomic mass is 16.5. The summed E-state index contributed by atoms with van der Waals surface area (Å²) in [4.78, 5) is 29.3. The molecule has 2 aromatic rings. The normalized spacial score (nSPS) is 19.2. The average Bonchev–Trinajstić information content (AvgIpc) is 3.26. The lowest BCUT2D eigenvalue weighted by Gasteiger charge is -2.38. The Balaban J connectivity index is 1.36. The maximum atomic E-state index is 12.8. The molecule has 1 aromatic carbocycles. The summed E-state index contributed by atoms with van der Waals surface area (Å²) in [7, 11) is 1.65. The summed E-state index contributed by atoms with van der Waals surface area (Å²) in [6, 6.07) is 8.08. The number of nitrogens with one attached hydrogen (secondary N) is 2. The molecule has 1 saturated carbocycles. The van der Waals surface area contributed by atoms with Gasteiger partial charge < -0.3 is 24.6 Å². The maximum absolute atomic E-state index is 12.8. The third-order valence-corrected chi connectivity index (χ3v) is 7.61. The van der Waals surface area contributed by atoms with E-state index in [4.69, 9.17) is 14.0 Å². The van der Waals surface area contributed by atoms with Gasteiger partial charge in [-0.05, 0) is 43.4 Å². The van der Waals surface area contributed by atoms with Gasteiger partial charge in [-0.1, -0.05) is 43.0 Å². The van der Waals surface area contributed by atoms with Crippen LogP contribution in [0.5, 0.6) is 5.75 Å². The van der Waals surface area contributed by atoms with Crippen molar-refractivity contribution in [1.29, 1.82) is 0 Å². The summed E-state index contributed by atoms with van der Waals surface area (Å²) in [6.45, 7) is 3.41. The molecule has 2 fully saturated rings. The van der Waals surface area contributed by atoms with E-state index >= 15 is 0 Å². The molecule has 4 rings (SSSR count). The first-order chi connectivity index (χ1) is 17.4. The third-order valence-electron chi connectivity index (χ3n) is 7.61. The highest BCUT2D eigenvalue weighted by Gasteiger charge is 2.38. The quantitative estimate of drug-likeness (QED) is 0.508. The summed E-state index contributed by atoms with van der Waals surface area (Å²) in [6.07, 6.45) is 8.17. The molecule has 1 aliphatic carbocycles. The van der Waals surface area contributed by atoms with Gasteiger partial charge >= 0.3 is 0 Å². The van der Waals surface area contributed by atoms with Crippen molar-refractivity contribution in [3.63, 3.8) is 0 Å². The lowest BCUT2D eigenvalue weighted by Crippen LogP contribution is -2.45. The fourth-order valence-electron chi connectivity index (χ4n) is 5.48. The van der Waals surface area contributed by atoms with Crippen molar-refractivity contribution >= 4 is 11.8 Å². The second-order valence-corrected chi connectivity index (χ2v) is 10.1. The van der Waals surface area contributed by atoms with E-state index in [1.807, 2.05) is 12.1 Å². The molecule has 0 spiro atoms. The van der Waals surface area contributed by atoms with Crippen LogP contribution in [0.25, 0.3) is 0 Å². The molecule has 0 bridgehead atoms. The molecule has 2 amide bonds. The standard InChI is InChI=1S/C27H38N4O5/c1-20(32)30-27(13-5-3-4-6-14-27)25-29-24(36-31-25)12-11-23(33)28-19-26(15-17-35-18-16-26)21-7-9-22(34-2)10-8-21/h7-10H,3-6,11-19H2,1-2H3,(H,28,33)(H,30,32). The van der Waals surface area contributed by atoms with Crippen LogP contribution in [-0.2, 0) is 31.7 Å². The third kappa shape index (κ3) is 6.24. The van der Waals surface area contributed by atoms with E-state index in [9.17, 15) is 9.59 Å². The number of hydrogen-bond acceptors (Lipinski definition) is 7. The number of aryl methyl sites for hydroxylation is 1. The lowest BCUT2D eigenvalue weighted by atomic mass is 9.74. The first-order valence-corrected chi connectivity index (χ1v) is 13.1. The van der Waals surface area contributed by atoms with E-state index in [1.54, 1.807) is 7.11 Å². The van der Waals surface area contributed by atoms with Crippen molar-refractivity contribution in [2.45, 2.75) is 82.1 Å². The van der Waals surface area contributed by atoms with Crippen LogP contribution < -0.4 is 15.4 Å². The Morgan fingerprint density at radius 1 is 1.03 bits per heavy atom. The SMILES string of the molecule is COc1ccc(C2(CNC(=O)CCc3nc(C4(NC(C)=O)CCCCCC4)no3)CCOCC2)cc1. The molecule has 9 heteroatoms. The van der Waals surface area contributed by atoms with E-state index < -0.39 is 5.54 Å². The Morgan fingerprint density at radius 3 is 2.36 bits per heavy atom. The van der Waals surface area contributed by atoms with Crippen LogP contribution in [0.3, 0.4) is 0 Å². The predicted molar refractivity (Wildman–Crippen MR) is 134 cm³/mol. The predicted octanol–water partition coefficient (Wildman–Crippen LogP) is 3.56. The van der Waals surface area contributed by atoms with Gasteiger partial charge in [0.05, 0.1) is 7.11 Å². The molecule has 9 nitrogen and oxygen atoms in total. The molecule has 0 atom stereocenters. The maximum Gasteiger partial charge on any atom is 0.227 e. The van der Waals surface area contributed by atoms with E-state index in [1.165, 1.54) is 12.5 Å². The van der Waals surface area contributed by atoms with Crippen LogP contribution >= 0.6 is 0 Å². The number of amides is 2. The van der Waals surface area contributed by atoms with Crippen molar-refractivity contribution in [2.24, 2.45) is 0 Å². The zero-order valence-electron chi connectivity index (χ0n) is 21.4. The van der Waals surface area contributed by atoms with Gasteiger partial charge in [0.25, 0.3) is 0 Å². The van der Waals surface area contributed by atoms with Crippen molar-refractivity contribution in [3.05, 3.63) is 41.5 Å². The Morgan fingerprint density at radius 2 is 1.72 bits per heavy atom. The zero-order valence-corrected chi connectivity index (χ0v) is 21.4. The summed E-state index contributed by atoms with van der Waals surface area (Å²) in [5.41, 5.74) is 0.433. The van der Waals surface area contributed by atoms with Gasteiger partial charge in [0, 0.05) is 44.9 Å². The monoisotopic (exact) mass is 498 g/mol. The molecule has 36 heavy (non-hydrogen) atoms. The van der Waals surface area contributed by atoms with Gasteiger partial charge in [-0.2, -0.15) is 4.98 Å². The number of ether oxygens (including phenoxy) is 2. The zero-order chi connectivity index (χ0) is 25.4. The van der Waals surface area contributed by atoms with Crippen LogP contribution in [-0.4, -0.2) is 48.8 Å². The first-order valence-electron chi connectivity index (χ1n) is 13.1. The smallest absolute Gasteiger partial charge is 0.227 e. The molecule has 2 heterocycles. The van der Waals surface area contributed by atoms with Gasteiger partial charge in [-0.25, -0.2) is 0 Å². The van der Waals surface area contributed by atoms with Crippen LogP contribution in [0.2, 0.25) is 0 Å². The number of methoxy groups -OCH3 is 1. The molecule has 0 unspecified atom stereocenters. The van der Waals surface area contributed by atoms with Crippen molar-refractivity contribution in [1.82, 2.24) is 20.8 Å². The fourth-order valence-corrected chi connectivity index (χ4v) is 5.48. The Labute approximate surface area is 212 Å². The number of hydrogen-bond donors (Lipinski definition) is 2. The minimum Gasteiger partial charge on any atom is -0.497 e. The van der Waals surface area contributed by atoms with Gasteiger partial charge in [0.2, 0.25) is 17.7 Å². The highest BCUT2D eigenvalue weighted by Crippen LogP contribution is 2.36. The average molecular weight is 499 g/mol. The number of carbonyl (C=O) groups is 2. The van der Waals surface area contributed by atoms with Gasteiger partial charge in [-0.3, -0.25) is 9.59 Å². The summed E-state index contributed by atoms with van der Waals surface area (Å²) < 4.78 is 16.4. The van der Waals surface area contributed by atoms with E-state index in [0.717, 1.165) is 57.1 Å². The molecule has 1 aliphatic heterocycles. The number of nitrogens with zero attached hydrogens (tertiary/aromatic N) is 2. The Kier molecular flexibility index (Phi) is 8.61. The topological polar surface area (TPSA) is 116 Å². The van der Waals surface area contributed by atoms with E-state index in [2.05, 4.69) is 32.9 Å². The number of rotatable bonds is 9. The number of carbonyl (C=O) groups excluding carboxylic acids is 2. The van der Waals surface area contributed by atoms with Gasteiger partial charge in [0.15, 0.2) is 5.82 Å². The van der Waals surface area contributed by atoms with Gasteiger partial charge in [0.1, 0.15) is 11.3 Å². The van der Waals surface area contributed by atoms with Crippen LogP contribution in [0.4, 0.5) is 0 Å². The number of aromatic nitrogens is 2. The van der Waals surface area contributed by atoms with Crippen LogP contribution in [0.1, 0.15) is 82.0 Å². The Bertz CT molecular complexity index is 1010. The molecule has 196 valence electrons. The molecule has 2 aliphatic rings. The summed E-state index contributed by atoms with van der Waals surface area (Å²) >= 11 is 0. The minimum atomic E-state index is -0.583. The van der Waals surface area contributed by atoms with Crippen LogP contribution in [0, 0.1) is 0 Å². The Hall–Kier alpha value is -2.94. The number of benzene rings is 1. The van der Waals surface area contributed by atoms with Crippen molar-refractivity contribution < 1.29 is 23.6 Å². The summed E-state index contributed by atoms with van der Waals surface area (Å²) in [5.74, 6) is 1.61. The molecular formula is C27H38N4O5. The molecule has 1 saturated heterocycles.